The zero-order valence-electron chi connectivity index (χ0n) is 18.2. The molecule has 0 saturated carbocycles. The van der Waals surface area contributed by atoms with Gasteiger partial charge in [0.1, 0.15) is 23.6 Å². The van der Waals surface area contributed by atoms with Crippen LogP contribution in [0.5, 0.6) is 17.4 Å². The molecule has 1 aromatic heterocycles. The van der Waals surface area contributed by atoms with Crippen molar-refractivity contribution in [3.8, 4) is 17.4 Å². The van der Waals surface area contributed by atoms with Crippen LogP contribution in [0.25, 0.3) is 0 Å². The first-order valence-corrected chi connectivity index (χ1v) is 10.8. The summed E-state index contributed by atoms with van der Waals surface area (Å²) in [4.78, 5) is 25.4. The molecule has 1 aliphatic rings. The number of methoxy groups -OCH3 is 1. The molecule has 2 aromatic rings. The first kappa shape index (κ1) is 21.9. The van der Waals surface area contributed by atoms with Crippen LogP contribution in [0.15, 0.2) is 36.7 Å². The summed E-state index contributed by atoms with van der Waals surface area (Å²) in [6.45, 7) is 6.51. The van der Waals surface area contributed by atoms with E-state index in [1.807, 2.05) is 35.2 Å². The monoisotopic (exact) mass is 412 g/mol. The number of hydrogen-bond donors (Lipinski definition) is 0. The summed E-state index contributed by atoms with van der Waals surface area (Å²) in [7, 11) is 1.63. The first-order valence-electron chi connectivity index (χ1n) is 10.8. The SMILES string of the molecule is CCCCCCC(=O)N1CCN(c2cc(Oc3ccc(OC)cc3)ncn2)C[C@@H]1C. The molecule has 0 N–H and O–H groups in total. The molecule has 1 saturated heterocycles. The summed E-state index contributed by atoms with van der Waals surface area (Å²) < 4.78 is 11.0. The van der Waals surface area contributed by atoms with Gasteiger partial charge in [-0.25, -0.2) is 9.97 Å². The van der Waals surface area contributed by atoms with Gasteiger partial charge in [0.2, 0.25) is 11.8 Å². The fourth-order valence-corrected chi connectivity index (χ4v) is 3.71. The molecule has 7 heteroatoms. The van der Waals surface area contributed by atoms with Gasteiger partial charge in [-0.05, 0) is 37.6 Å². The third kappa shape index (κ3) is 5.84. The lowest BCUT2D eigenvalue weighted by atomic mass is 10.1. The Morgan fingerprint density at radius 2 is 1.87 bits per heavy atom. The molecule has 162 valence electrons. The van der Waals surface area contributed by atoms with Crippen LogP contribution >= 0.6 is 0 Å². The summed E-state index contributed by atoms with van der Waals surface area (Å²) in [5.74, 6) is 3.04. The third-order valence-electron chi connectivity index (χ3n) is 5.43. The topological polar surface area (TPSA) is 67.8 Å². The Bertz CT molecular complexity index is 812. The molecule has 0 unspecified atom stereocenters. The number of unbranched alkanes of at least 4 members (excludes halogenated alkanes) is 3. The standard InChI is InChI=1S/C23H32N4O3/c1-4-5-6-7-8-23(28)27-14-13-26(16-18(27)2)21-15-22(25-17-24-21)30-20-11-9-19(29-3)10-12-20/h9-12,15,17-18H,4-8,13-14,16H2,1-3H3/t18-/m0/s1. The van der Waals surface area contributed by atoms with Gasteiger partial charge < -0.3 is 19.3 Å². The molecule has 1 aliphatic heterocycles. The lowest BCUT2D eigenvalue weighted by molar-refractivity contribution is -0.133. The van der Waals surface area contributed by atoms with Crippen LogP contribution in [0.3, 0.4) is 0 Å². The van der Waals surface area contributed by atoms with Crippen molar-refractivity contribution in [2.45, 2.75) is 52.0 Å². The normalized spacial score (nSPS) is 16.4. The van der Waals surface area contributed by atoms with E-state index in [-0.39, 0.29) is 11.9 Å². The zero-order valence-corrected chi connectivity index (χ0v) is 18.2. The number of carbonyl (C=O) groups is 1. The maximum Gasteiger partial charge on any atom is 0.224 e. The van der Waals surface area contributed by atoms with Crippen molar-refractivity contribution in [3.63, 3.8) is 0 Å². The minimum atomic E-state index is 0.151. The Hall–Kier alpha value is -2.83. The maximum atomic E-state index is 12.6. The van der Waals surface area contributed by atoms with E-state index in [1.54, 1.807) is 7.11 Å². The summed E-state index contributed by atoms with van der Waals surface area (Å²) in [6, 6.07) is 9.37. The van der Waals surface area contributed by atoms with Gasteiger partial charge in [0, 0.05) is 38.2 Å². The summed E-state index contributed by atoms with van der Waals surface area (Å²) in [5, 5.41) is 0. The van der Waals surface area contributed by atoms with Crippen molar-refractivity contribution < 1.29 is 14.3 Å². The second-order valence-corrected chi connectivity index (χ2v) is 7.68. The summed E-state index contributed by atoms with van der Waals surface area (Å²) in [6.07, 6.45) is 6.67. The number of nitrogens with zero attached hydrogens (tertiary/aromatic N) is 4. The molecule has 1 atom stereocenters. The molecule has 3 rings (SSSR count). The van der Waals surface area contributed by atoms with E-state index in [2.05, 4.69) is 28.7 Å². The predicted molar refractivity (Wildman–Crippen MR) is 117 cm³/mol. The Labute approximate surface area is 179 Å². The highest BCUT2D eigenvalue weighted by Crippen LogP contribution is 2.25. The molecule has 1 aromatic carbocycles. The molecular formula is C23H32N4O3. The first-order chi connectivity index (χ1) is 14.6. The van der Waals surface area contributed by atoms with Crippen LogP contribution < -0.4 is 14.4 Å². The van der Waals surface area contributed by atoms with Gasteiger partial charge in [0.05, 0.1) is 7.11 Å². The zero-order chi connectivity index (χ0) is 21.3. The molecular weight excluding hydrogens is 380 g/mol. The number of hydrogen-bond acceptors (Lipinski definition) is 6. The van der Waals surface area contributed by atoms with Gasteiger partial charge in [0.25, 0.3) is 0 Å². The summed E-state index contributed by atoms with van der Waals surface area (Å²) in [5.41, 5.74) is 0. The van der Waals surface area contributed by atoms with Crippen molar-refractivity contribution in [1.29, 1.82) is 0 Å². The molecule has 0 radical (unpaired) electrons. The third-order valence-corrected chi connectivity index (χ3v) is 5.43. The average molecular weight is 413 g/mol. The van der Waals surface area contributed by atoms with Gasteiger partial charge >= 0.3 is 0 Å². The van der Waals surface area contributed by atoms with Gasteiger partial charge in [-0.2, -0.15) is 0 Å². The van der Waals surface area contributed by atoms with Crippen molar-refractivity contribution >= 4 is 11.7 Å². The lowest BCUT2D eigenvalue weighted by Crippen LogP contribution is -2.54. The number of piperazine rings is 1. The lowest BCUT2D eigenvalue weighted by Gasteiger charge is -2.40. The molecule has 2 heterocycles. The largest absolute Gasteiger partial charge is 0.497 e. The quantitative estimate of drug-likeness (QED) is 0.573. The summed E-state index contributed by atoms with van der Waals surface area (Å²) >= 11 is 0. The highest BCUT2D eigenvalue weighted by Gasteiger charge is 2.27. The van der Waals surface area contributed by atoms with Crippen molar-refractivity contribution in [2.75, 3.05) is 31.6 Å². The Balaban J connectivity index is 1.56. The van der Waals surface area contributed by atoms with E-state index in [4.69, 9.17) is 9.47 Å². The van der Waals surface area contributed by atoms with Gasteiger partial charge in [-0.15, -0.1) is 0 Å². The van der Waals surface area contributed by atoms with Crippen LogP contribution in [-0.2, 0) is 4.79 Å². The fraction of sp³-hybridized carbons (Fsp3) is 0.522. The van der Waals surface area contributed by atoms with E-state index in [0.717, 1.165) is 37.5 Å². The minimum absolute atomic E-state index is 0.151. The maximum absolute atomic E-state index is 12.6. The number of carbonyl (C=O) groups excluding carboxylic acids is 1. The second-order valence-electron chi connectivity index (χ2n) is 7.68. The number of anilines is 1. The van der Waals surface area contributed by atoms with E-state index < -0.39 is 0 Å². The molecule has 0 bridgehead atoms. The fourth-order valence-electron chi connectivity index (χ4n) is 3.71. The van der Waals surface area contributed by atoms with Gasteiger partial charge in [-0.3, -0.25) is 4.79 Å². The second kappa shape index (κ2) is 10.8. The Morgan fingerprint density at radius 1 is 1.10 bits per heavy atom. The number of aromatic nitrogens is 2. The molecule has 30 heavy (non-hydrogen) atoms. The molecule has 0 spiro atoms. The number of benzene rings is 1. The van der Waals surface area contributed by atoms with Gasteiger partial charge in [0.15, 0.2) is 0 Å². The van der Waals surface area contributed by atoms with Crippen LogP contribution in [0.4, 0.5) is 5.82 Å². The van der Waals surface area contributed by atoms with Crippen molar-refractivity contribution in [1.82, 2.24) is 14.9 Å². The average Bonchev–Trinajstić information content (AvgIpc) is 2.77. The van der Waals surface area contributed by atoms with E-state index in [9.17, 15) is 4.79 Å². The van der Waals surface area contributed by atoms with Crippen LogP contribution in [-0.4, -0.2) is 53.6 Å². The van der Waals surface area contributed by atoms with Crippen LogP contribution in [0.1, 0.15) is 46.0 Å². The number of ether oxygens (including phenoxy) is 2. The highest BCUT2D eigenvalue weighted by molar-refractivity contribution is 5.76. The number of rotatable bonds is 9. The van der Waals surface area contributed by atoms with Gasteiger partial charge in [-0.1, -0.05) is 26.2 Å². The van der Waals surface area contributed by atoms with E-state index in [0.29, 0.717) is 24.6 Å². The smallest absolute Gasteiger partial charge is 0.224 e. The van der Waals surface area contributed by atoms with E-state index in [1.165, 1.54) is 19.2 Å². The molecule has 0 aliphatic carbocycles. The van der Waals surface area contributed by atoms with E-state index >= 15 is 0 Å². The highest BCUT2D eigenvalue weighted by atomic mass is 16.5. The minimum Gasteiger partial charge on any atom is -0.497 e. The predicted octanol–water partition coefficient (Wildman–Crippen LogP) is 4.29. The molecule has 1 fully saturated rings. The van der Waals surface area contributed by atoms with Crippen LogP contribution in [0.2, 0.25) is 0 Å². The number of amides is 1. The van der Waals surface area contributed by atoms with Crippen LogP contribution in [0, 0.1) is 0 Å². The Kier molecular flexibility index (Phi) is 7.88. The molecule has 7 nitrogen and oxygen atoms in total. The van der Waals surface area contributed by atoms with Crippen molar-refractivity contribution in [3.05, 3.63) is 36.7 Å². The van der Waals surface area contributed by atoms with Crippen molar-refractivity contribution in [2.24, 2.45) is 0 Å². The molecule has 1 amide bonds. The Morgan fingerprint density at radius 3 is 2.57 bits per heavy atom.